The number of unbranched alkanes of at least 4 members (excludes halogenated alkanes) is 9. The van der Waals surface area contributed by atoms with Gasteiger partial charge in [-0.25, -0.2) is 0 Å². The Bertz CT molecular complexity index is 440. The third-order valence-electron chi connectivity index (χ3n) is 5.21. The van der Waals surface area contributed by atoms with Crippen molar-refractivity contribution in [2.75, 3.05) is 6.54 Å². The van der Waals surface area contributed by atoms with Gasteiger partial charge >= 0.3 is 5.97 Å². The molecule has 2 atom stereocenters. The van der Waals surface area contributed by atoms with Crippen LogP contribution in [0.15, 0.2) is 0 Å². The molecule has 2 amide bonds. The van der Waals surface area contributed by atoms with Gasteiger partial charge in [-0.2, -0.15) is 0 Å². The third-order valence-corrected chi connectivity index (χ3v) is 5.21. The molecule has 0 heterocycles. The Morgan fingerprint density at radius 2 is 1.36 bits per heavy atom. The SMILES string of the molecule is CCCCCCCCCCCCNC(=O)[C@@H](NC(=O)CCC(=O)O)[C@@H](C)CC. The number of nitrogens with one attached hydrogen (secondary N) is 2. The van der Waals surface area contributed by atoms with E-state index in [1.807, 2.05) is 13.8 Å². The first kappa shape index (κ1) is 26.4. The quantitative estimate of drug-likeness (QED) is 0.298. The van der Waals surface area contributed by atoms with Crippen LogP contribution >= 0.6 is 0 Å². The Morgan fingerprint density at radius 1 is 0.821 bits per heavy atom. The Labute approximate surface area is 171 Å². The van der Waals surface area contributed by atoms with Crippen molar-refractivity contribution in [3.8, 4) is 0 Å². The van der Waals surface area contributed by atoms with Crippen LogP contribution in [-0.2, 0) is 14.4 Å². The third kappa shape index (κ3) is 14.5. The van der Waals surface area contributed by atoms with Gasteiger partial charge in [-0.3, -0.25) is 14.4 Å². The van der Waals surface area contributed by atoms with Crippen molar-refractivity contribution in [2.24, 2.45) is 5.92 Å². The van der Waals surface area contributed by atoms with Gasteiger partial charge < -0.3 is 15.7 Å². The monoisotopic (exact) mass is 398 g/mol. The van der Waals surface area contributed by atoms with Gasteiger partial charge in [-0.05, 0) is 12.3 Å². The lowest BCUT2D eigenvalue weighted by atomic mass is 9.98. The van der Waals surface area contributed by atoms with Gasteiger partial charge in [-0.1, -0.05) is 85.0 Å². The molecule has 6 heteroatoms. The van der Waals surface area contributed by atoms with Crippen LogP contribution in [-0.4, -0.2) is 35.5 Å². The summed E-state index contributed by atoms with van der Waals surface area (Å²) in [5.74, 6) is -1.57. The van der Waals surface area contributed by atoms with Gasteiger partial charge in [0.15, 0.2) is 0 Å². The molecule has 0 aromatic rings. The number of hydrogen-bond acceptors (Lipinski definition) is 3. The van der Waals surface area contributed by atoms with Gasteiger partial charge in [0.05, 0.1) is 6.42 Å². The summed E-state index contributed by atoms with van der Waals surface area (Å²) >= 11 is 0. The first-order valence-corrected chi connectivity index (χ1v) is 11.2. The summed E-state index contributed by atoms with van der Waals surface area (Å²) in [5, 5.41) is 14.3. The van der Waals surface area contributed by atoms with E-state index in [0.29, 0.717) is 6.54 Å². The molecule has 3 N–H and O–H groups in total. The van der Waals surface area contributed by atoms with E-state index in [4.69, 9.17) is 5.11 Å². The number of aliphatic carboxylic acids is 1. The zero-order chi connectivity index (χ0) is 21.2. The van der Waals surface area contributed by atoms with Crippen LogP contribution in [0.3, 0.4) is 0 Å². The highest BCUT2D eigenvalue weighted by molar-refractivity contribution is 5.88. The molecule has 164 valence electrons. The van der Waals surface area contributed by atoms with Crippen LogP contribution in [0.4, 0.5) is 0 Å². The molecule has 0 aromatic carbocycles. The highest BCUT2D eigenvalue weighted by Gasteiger charge is 2.25. The molecule has 0 unspecified atom stereocenters. The van der Waals surface area contributed by atoms with Crippen molar-refractivity contribution in [2.45, 2.75) is 110 Å². The van der Waals surface area contributed by atoms with E-state index >= 15 is 0 Å². The Kier molecular flexibility index (Phi) is 16.5. The summed E-state index contributed by atoms with van der Waals surface area (Å²) in [5.41, 5.74) is 0. The standard InChI is InChI=1S/C22H42N2O4/c1-4-6-7-8-9-10-11-12-13-14-17-23-22(28)21(18(3)5-2)24-19(25)15-16-20(26)27/h18,21H,4-17H2,1-3H3,(H,23,28)(H,24,25)(H,26,27)/t18-,21-/m0/s1. The first-order chi connectivity index (χ1) is 13.4. The minimum atomic E-state index is -1.01. The van der Waals surface area contributed by atoms with E-state index < -0.39 is 12.0 Å². The number of carbonyl (C=O) groups excluding carboxylic acids is 2. The molecule has 0 saturated carbocycles. The van der Waals surface area contributed by atoms with Crippen molar-refractivity contribution in [3.05, 3.63) is 0 Å². The fourth-order valence-electron chi connectivity index (χ4n) is 3.10. The maximum absolute atomic E-state index is 12.4. The van der Waals surface area contributed by atoms with Crippen LogP contribution in [0, 0.1) is 5.92 Å². The normalized spacial score (nSPS) is 13.0. The number of rotatable bonds is 18. The number of carboxylic acid groups (broad SMARTS) is 1. The Balaban J connectivity index is 3.96. The minimum absolute atomic E-state index is 0.00138. The van der Waals surface area contributed by atoms with Crippen LogP contribution < -0.4 is 10.6 Å². The summed E-state index contributed by atoms with van der Waals surface area (Å²) in [6.45, 7) is 6.74. The lowest BCUT2D eigenvalue weighted by molar-refractivity contribution is -0.139. The van der Waals surface area contributed by atoms with Crippen molar-refractivity contribution in [1.82, 2.24) is 10.6 Å². The second kappa shape index (κ2) is 17.5. The topological polar surface area (TPSA) is 95.5 Å². The molecule has 0 fully saturated rings. The fraction of sp³-hybridized carbons (Fsp3) is 0.864. The molecule has 28 heavy (non-hydrogen) atoms. The maximum atomic E-state index is 12.4. The van der Waals surface area contributed by atoms with Gasteiger partial charge in [-0.15, -0.1) is 0 Å². The molecule has 0 saturated heterocycles. The van der Waals surface area contributed by atoms with Crippen LogP contribution in [0.2, 0.25) is 0 Å². The summed E-state index contributed by atoms with van der Waals surface area (Å²) < 4.78 is 0. The highest BCUT2D eigenvalue weighted by atomic mass is 16.4. The molecule has 0 radical (unpaired) electrons. The molecule has 0 spiro atoms. The summed E-state index contributed by atoms with van der Waals surface area (Å²) in [6.07, 6.45) is 12.9. The predicted octanol–water partition coefficient (Wildman–Crippen LogP) is 4.42. The second-order valence-electron chi connectivity index (χ2n) is 7.80. The number of carbonyl (C=O) groups is 3. The second-order valence-corrected chi connectivity index (χ2v) is 7.80. The van der Waals surface area contributed by atoms with E-state index in [9.17, 15) is 14.4 Å². The zero-order valence-corrected chi connectivity index (χ0v) is 18.2. The number of carboxylic acids is 1. The molecule has 0 aliphatic rings. The van der Waals surface area contributed by atoms with Crippen molar-refractivity contribution in [3.63, 3.8) is 0 Å². The average Bonchev–Trinajstić information content (AvgIpc) is 2.67. The first-order valence-electron chi connectivity index (χ1n) is 11.2. The van der Waals surface area contributed by atoms with Gasteiger partial charge in [0, 0.05) is 13.0 Å². The van der Waals surface area contributed by atoms with Crippen LogP contribution in [0.25, 0.3) is 0 Å². The van der Waals surface area contributed by atoms with Gasteiger partial charge in [0.25, 0.3) is 0 Å². The van der Waals surface area contributed by atoms with Crippen molar-refractivity contribution < 1.29 is 19.5 Å². The molecular weight excluding hydrogens is 356 g/mol. The number of amides is 2. The highest BCUT2D eigenvalue weighted by Crippen LogP contribution is 2.11. The van der Waals surface area contributed by atoms with E-state index in [2.05, 4.69) is 17.6 Å². The lowest BCUT2D eigenvalue weighted by Gasteiger charge is -2.23. The predicted molar refractivity (Wildman–Crippen MR) is 113 cm³/mol. The van der Waals surface area contributed by atoms with Gasteiger partial charge in [0.1, 0.15) is 6.04 Å². The maximum Gasteiger partial charge on any atom is 0.303 e. The largest absolute Gasteiger partial charge is 0.481 e. The zero-order valence-electron chi connectivity index (χ0n) is 18.2. The minimum Gasteiger partial charge on any atom is -0.481 e. The molecule has 0 rings (SSSR count). The molecule has 0 bridgehead atoms. The summed E-state index contributed by atoms with van der Waals surface area (Å²) in [6, 6.07) is -0.602. The molecule has 0 aliphatic carbocycles. The lowest BCUT2D eigenvalue weighted by Crippen LogP contribution is -2.50. The molecule has 0 aromatic heterocycles. The van der Waals surface area contributed by atoms with E-state index in [0.717, 1.165) is 19.3 Å². The van der Waals surface area contributed by atoms with Crippen LogP contribution in [0.5, 0.6) is 0 Å². The Hall–Kier alpha value is -1.59. The van der Waals surface area contributed by atoms with Crippen molar-refractivity contribution in [1.29, 1.82) is 0 Å². The van der Waals surface area contributed by atoms with Crippen LogP contribution in [0.1, 0.15) is 104 Å². The molecule has 0 aliphatic heterocycles. The van der Waals surface area contributed by atoms with E-state index in [1.54, 1.807) is 0 Å². The fourth-order valence-corrected chi connectivity index (χ4v) is 3.10. The molecular formula is C22H42N2O4. The van der Waals surface area contributed by atoms with Crippen molar-refractivity contribution >= 4 is 17.8 Å². The van der Waals surface area contributed by atoms with Gasteiger partial charge in [0.2, 0.25) is 11.8 Å². The average molecular weight is 399 g/mol. The van der Waals surface area contributed by atoms with E-state index in [1.165, 1.54) is 51.4 Å². The summed E-state index contributed by atoms with van der Waals surface area (Å²) in [7, 11) is 0. The van der Waals surface area contributed by atoms with E-state index in [-0.39, 0.29) is 30.6 Å². The number of hydrogen-bond donors (Lipinski definition) is 3. The Morgan fingerprint density at radius 3 is 1.86 bits per heavy atom. The summed E-state index contributed by atoms with van der Waals surface area (Å²) in [4.78, 5) is 34.9. The molecule has 6 nitrogen and oxygen atoms in total. The smallest absolute Gasteiger partial charge is 0.303 e.